The van der Waals surface area contributed by atoms with Crippen molar-refractivity contribution in [1.82, 2.24) is 0 Å². The Bertz CT molecular complexity index is 764. The van der Waals surface area contributed by atoms with Gasteiger partial charge in [0.15, 0.2) is 0 Å². The smallest absolute Gasteiger partial charge is 0.319 e. The van der Waals surface area contributed by atoms with Crippen LogP contribution in [0, 0.1) is 0 Å². The van der Waals surface area contributed by atoms with Gasteiger partial charge in [-0.1, -0.05) is 139 Å². The quantitative estimate of drug-likeness (QED) is 0.0691. The molecule has 222 valence electrons. The molecule has 0 unspecified atom stereocenters. The van der Waals surface area contributed by atoms with Crippen molar-refractivity contribution in [2.45, 2.75) is 104 Å². The van der Waals surface area contributed by atoms with Crippen LogP contribution in [0.1, 0.15) is 102 Å². The van der Waals surface area contributed by atoms with Crippen molar-refractivity contribution in [2.75, 3.05) is 0 Å². The van der Waals surface area contributed by atoms with Gasteiger partial charge in [-0.25, -0.2) is 0 Å². The summed E-state index contributed by atoms with van der Waals surface area (Å²) < 4.78 is 0. The normalized spacial score (nSPS) is 10.5. The van der Waals surface area contributed by atoms with Crippen LogP contribution < -0.4 is 0 Å². The van der Waals surface area contributed by atoms with E-state index in [-0.39, 0.29) is 19.5 Å². The molecule has 0 aromatic heterocycles. The number of hydrogen-bond acceptors (Lipinski definition) is 2. The molecule has 0 atom stereocenters. The van der Waals surface area contributed by atoms with E-state index in [4.69, 9.17) is 29.4 Å². The Morgan fingerprint density at radius 2 is 0.692 bits per heavy atom. The predicted octanol–water partition coefficient (Wildman–Crippen LogP) is 7.55. The standard InChI is InChI=1S/2C14H22.2H3O3PS.Zn/c2*1-2-3-4-5-6-8-11-14-12-9-7-10-13-14;2*1-4(2,3)5;/h2*7,9-10,12-13H,2-6,8,11H2,1H3;2*(H3,1,2,3,5);. The second-order valence-electron chi connectivity index (χ2n) is 9.03. The van der Waals surface area contributed by atoms with Crippen LogP contribution >= 0.6 is 13.4 Å². The van der Waals surface area contributed by atoms with Gasteiger partial charge in [-0.3, -0.25) is 0 Å². The van der Waals surface area contributed by atoms with Gasteiger partial charge in [0.1, 0.15) is 0 Å². The summed E-state index contributed by atoms with van der Waals surface area (Å²) in [5.41, 5.74) is 2.98. The number of benzene rings is 2. The molecule has 39 heavy (non-hydrogen) atoms. The van der Waals surface area contributed by atoms with Gasteiger partial charge in [0.2, 0.25) is 0 Å². The van der Waals surface area contributed by atoms with Crippen LogP contribution in [0.5, 0.6) is 0 Å². The van der Waals surface area contributed by atoms with Crippen LogP contribution in [0.3, 0.4) is 0 Å². The van der Waals surface area contributed by atoms with Gasteiger partial charge in [-0.05, 0) is 60.4 Å². The average Bonchev–Trinajstić information content (AvgIpc) is 2.83. The van der Waals surface area contributed by atoms with Crippen LogP contribution in [0.2, 0.25) is 0 Å². The molecule has 2 aromatic carbocycles. The molecule has 0 aliphatic rings. The van der Waals surface area contributed by atoms with E-state index >= 15 is 0 Å². The Morgan fingerprint density at radius 1 is 0.462 bits per heavy atom. The molecule has 0 radical (unpaired) electrons. The van der Waals surface area contributed by atoms with Crippen molar-refractivity contribution >= 4 is 37.1 Å². The molecule has 6 N–H and O–H groups in total. The Labute approximate surface area is 260 Å². The Hall–Kier alpha value is 0.123. The topological polar surface area (TPSA) is 121 Å². The van der Waals surface area contributed by atoms with Crippen LogP contribution in [-0.4, -0.2) is 29.4 Å². The SMILES string of the molecule is CCCCCCCCc1ccccc1.CCCCCCCCc1ccccc1.OP(O)(O)=S.OP(O)(O)=S.[Zn]. The third kappa shape index (κ3) is 48.2. The van der Waals surface area contributed by atoms with Crippen molar-refractivity contribution in [1.29, 1.82) is 0 Å². The van der Waals surface area contributed by atoms with E-state index in [1.54, 1.807) is 0 Å². The van der Waals surface area contributed by atoms with Crippen LogP contribution in [0.4, 0.5) is 0 Å². The largest absolute Gasteiger partial charge is 0.325 e. The Balaban J connectivity index is -0.000000488. The van der Waals surface area contributed by atoms with Crippen LogP contribution in [0.15, 0.2) is 60.7 Å². The molecule has 11 heteroatoms. The van der Waals surface area contributed by atoms with Gasteiger partial charge in [-0.15, -0.1) is 0 Å². The minimum absolute atomic E-state index is 0. The number of hydrogen-bond donors (Lipinski definition) is 6. The van der Waals surface area contributed by atoms with Crippen molar-refractivity contribution in [3.8, 4) is 0 Å². The fourth-order valence-electron chi connectivity index (χ4n) is 3.51. The molecular formula is C28H50O6P2S2Zn. The van der Waals surface area contributed by atoms with Gasteiger partial charge in [0.05, 0.1) is 0 Å². The van der Waals surface area contributed by atoms with Crippen LogP contribution in [-0.2, 0) is 55.9 Å². The molecule has 0 amide bonds. The van der Waals surface area contributed by atoms with Crippen molar-refractivity contribution in [2.24, 2.45) is 0 Å². The van der Waals surface area contributed by atoms with Crippen molar-refractivity contribution in [3.05, 3.63) is 71.8 Å². The molecule has 0 saturated heterocycles. The Kier molecular flexibility index (Phi) is 33.1. The summed E-state index contributed by atoms with van der Waals surface area (Å²) in [6, 6.07) is 21.6. The summed E-state index contributed by atoms with van der Waals surface area (Å²) in [6.45, 7) is -3.08. The summed E-state index contributed by atoms with van der Waals surface area (Å²) in [7, 11) is 0. The summed E-state index contributed by atoms with van der Waals surface area (Å²) in [5.74, 6) is 0. The van der Waals surface area contributed by atoms with Crippen molar-refractivity contribution < 1.29 is 48.8 Å². The first-order chi connectivity index (χ1) is 17.9. The van der Waals surface area contributed by atoms with E-state index in [1.807, 2.05) is 0 Å². The minimum Gasteiger partial charge on any atom is -0.325 e. The van der Waals surface area contributed by atoms with Gasteiger partial charge in [0, 0.05) is 19.5 Å². The number of rotatable bonds is 14. The summed E-state index contributed by atoms with van der Waals surface area (Å²) in [4.78, 5) is 45.3. The third-order valence-electron chi connectivity index (χ3n) is 5.32. The third-order valence-corrected chi connectivity index (χ3v) is 5.32. The molecule has 0 saturated carbocycles. The molecule has 0 aliphatic heterocycles. The van der Waals surface area contributed by atoms with E-state index in [1.165, 1.54) is 101 Å². The van der Waals surface area contributed by atoms with E-state index < -0.39 is 13.4 Å². The maximum atomic E-state index is 7.56. The first-order valence-electron chi connectivity index (χ1n) is 13.5. The zero-order chi connectivity index (χ0) is 29.1. The van der Waals surface area contributed by atoms with Crippen LogP contribution in [0.25, 0.3) is 0 Å². The van der Waals surface area contributed by atoms with Gasteiger partial charge >= 0.3 is 13.4 Å². The maximum Gasteiger partial charge on any atom is 0.319 e. The number of unbranched alkanes of at least 4 members (excludes halogenated alkanes) is 10. The minimum atomic E-state index is -3.81. The molecule has 0 fully saturated rings. The monoisotopic (exact) mass is 672 g/mol. The fraction of sp³-hybridized carbons (Fsp3) is 0.571. The molecular weight excluding hydrogens is 624 g/mol. The first-order valence-corrected chi connectivity index (χ1v) is 18.8. The molecule has 2 rings (SSSR count). The second-order valence-corrected chi connectivity index (χ2v) is 14.0. The predicted molar refractivity (Wildman–Crippen MR) is 169 cm³/mol. The summed E-state index contributed by atoms with van der Waals surface area (Å²) in [6.07, 6.45) is 19.2. The zero-order valence-electron chi connectivity index (χ0n) is 23.8. The molecule has 0 bridgehead atoms. The molecule has 0 spiro atoms. The fourth-order valence-corrected chi connectivity index (χ4v) is 3.51. The van der Waals surface area contributed by atoms with E-state index in [9.17, 15) is 0 Å². The second kappa shape index (κ2) is 29.6. The van der Waals surface area contributed by atoms with Crippen molar-refractivity contribution in [3.63, 3.8) is 0 Å². The molecule has 0 aliphatic carbocycles. The van der Waals surface area contributed by atoms with Gasteiger partial charge < -0.3 is 29.4 Å². The first kappa shape index (κ1) is 43.6. The van der Waals surface area contributed by atoms with Gasteiger partial charge in [0.25, 0.3) is 0 Å². The van der Waals surface area contributed by atoms with E-state index in [0.717, 1.165) is 0 Å². The average molecular weight is 674 g/mol. The van der Waals surface area contributed by atoms with E-state index in [0.29, 0.717) is 0 Å². The van der Waals surface area contributed by atoms with Gasteiger partial charge in [-0.2, -0.15) is 0 Å². The molecule has 2 aromatic rings. The Morgan fingerprint density at radius 3 is 0.949 bits per heavy atom. The van der Waals surface area contributed by atoms with E-state index in [2.05, 4.69) is 98.1 Å². The molecule has 6 nitrogen and oxygen atoms in total. The molecule has 0 heterocycles. The zero-order valence-corrected chi connectivity index (χ0v) is 30.2. The summed E-state index contributed by atoms with van der Waals surface area (Å²) >= 11 is 7.21. The number of aryl methyl sites for hydroxylation is 2. The maximum absolute atomic E-state index is 7.56. The summed E-state index contributed by atoms with van der Waals surface area (Å²) in [5, 5.41) is 0.